The molecule has 0 aliphatic rings. The van der Waals surface area contributed by atoms with Gasteiger partial charge < -0.3 is 15.7 Å². The number of aromatic nitrogens is 3. The summed E-state index contributed by atoms with van der Waals surface area (Å²) < 4.78 is 25.9. The predicted molar refractivity (Wildman–Crippen MR) is 104 cm³/mol. The van der Waals surface area contributed by atoms with Crippen LogP contribution in [-0.4, -0.2) is 32.2 Å². The van der Waals surface area contributed by atoms with Crippen molar-refractivity contribution >= 4 is 45.5 Å². The van der Waals surface area contributed by atoms with Crippen LogP contribution in [0.5, 0.6) is 5.75 Å². The number of thiazole rings is 1. The molecule has 0 aliphatic heterocycles. The van der Waals surface area contributed by atoms with Crippen molar-refractivity contribution in [3.05, 3.63) is 45.6 Å². The normalized spacial score (nSPS) is 11.1. The average molecular weight is 428 g/mol. The monoisotopic (exact) mass is 427 g/mol. The SMILES string of the molecule is Cc1ccc(O)c(C)c1NC(=O)c1cnc(Nc2nn(CC(F)F)cc2Cl)s1. The number of phenolic OH excluding ortho intramolecular Hbond substituents is 1. The van der Waals surface area contributed by atoms with Crippen LogP contribution in [-0.2, 0) is 6.54 Å². The summed E-state index contributed by atoms with van der Waals surface area (Å²) in [5.41, 5.74) is 1.90. The largest absolute Gasteiger partial charge is 0.508 e. The van der Waals surface area contributed by atoms with Crippen LogP contribution in [0.25, 0.3) is 0 Å². The first kappa shape index (κ1) is 20.0. The highest BCUT2D eigenvalue weighted by molar-refractivity contribution is 7.17. The fourth-order valence-electron chi connectivity index (χ4n) is 2.46. The number of halogens is 3. The van der Waals surface area contributed by atoms with Crippen molar-refractivity contribution < 1.29 is 18.7 Å². The molecule has 2 aromatic heterocycles. The lowest BCUT2D eigenvalue weighted by Crippen LogP contribution is -2.12. The van der Waals surface area contributed by atoms with E-state index < -0.39 is 18.9 Å². The molecule has 3 N–H and O–H groups in total. The van der Waals surface area contributed by atoms with Gasteiger partial charge in [0.1, 0.15) is 22.2 Å². The molecule has 1 amide bonds. The second kappa shape index (κ2) is 8.11. The summed E-state index contributed by atoms with van der Waals surface area (Å²) in [6, 6.07) is 3.27. The van der Waals surface area contributed by atoms with Crippen molar-refractivity contribution in [3.63, 3.8) is 0 Å². The fourth-order valence-corrected chi connectivity index (χ4v) is 3.37. The van der Waals surface area contributed by atoms with Gasteiger partial charge in [0.2, 0.25) is 0 Å². The van der Waals surface area contributed by atoms with Gasteiger partial charge in [-0.25, -0.2) is 13.8 Å². The Morgan fingerprint density at radius 3 is 2.86 bits per heavy atom. The zero-order valence-electron chi connectivity index (χ0n) is 14.8. The Morgan fingerprint density at radius 1 is 1.39 bits per heavy atom. The average Bonchev–Trinajstić information content (AvgIpc) is 3.22. The van der Waals surface area contributed by atoms with Gasteiger partial charge >= 0.3 is 0 Å². The number of carbonyl (C=O) groups excluding carboxylic acids is 1. The minimum absolute atomic E-state index is 0.0848. The Hall–Kier alpha value is -2.72. The lowest BCUT2D eigenvalue weighted by molar-refractivity contribution is 0.103. The maximum absolute atomic E-state index is 12.5. The molecule has 0 atom stereocenters. The second-order valence-electron chi connectivity index (χ2n) is 5.95. The van der Waals surface area contributed by atoms with Gasteiger partial charge in [-0.15, -0.1) is 0 Å². The summed E-state index contributed by atoms with van der Waals surface area (Å²) in [5, 5.41) is 19.8. The van der Waals surface area contributed by atoms with E-state index in [2.05, 4.69) is 20.7 Å². The number of benzene rings is 1. The number of hydrogen-bond donors (Lipinski definition) is 3. The van der Waals surface area contributed by atoms with E-state index in [1.54, 1.807) is 19.1 Å². The second-order valence-corrected chi connectivity index (χ2v) is 7.39. The van der Waals surface area contributed by atoms with E-state index in [-0.39, 0.29) is 16.6 Å². The smallest absolute Gasteiger partial charge is 0.267 e. The Kier molecular flexibility index (Phi) is 5.80. The van der Waals surface area contributed by atoms with E-state index in [1.807, 2.05) is 6.92 Å². The number of phenols is 1. The lowest BCUT2D eigenvalue weighted by Gasteiger charge is -2.11. The van der Waals surface area contributed by atoms with Gasteiger partial charge in [0.25, 0.3) is 12.3 Å². The minimum atomic E-state index is -2.55. The first-order chi connectivity index (χ1) is 13.2. The number of nitrogens with zero attached hydrogens (tertiary/aromatic N) is 3. The number of aryl methyl sites for hydroxylation is 1. The Balaban J connectivity index is 1.73. The fraction of sp³-hybridized carbons (Fsp3) is 0.235. The highest BCUT2D eigenvalue weighted by atomic mass is 35.5. The Labute approximate surface area is 168 Å². The van der Waals surface area contributed by atoms with Crippen LogP contribution < -0.4 is 10.6 Å². The first-order valence-electron chi connectivity index (χ1n) is 8.09. The molecule has 3 aromatic rings. The molecular weight excluding hydrogens is 412 g/mol. The lowest BCUT2D eigenvalue weighted by atomic mass is 10.1. The third-order valence-corrected chi connectivity index (χ3v) is 5.07. The molecule has 2 heterocycles. The van der Waals surface area contributed by atoms with E-state index in [0.717, 1.165) is 21.6 Å². The van der Waals surface area contributed by atoms with Crippen molar-refractivity contribution in [2.45, 2.75) is 26.8 Å². The number of hydrogen-bond acceptors (Lipinski definition) is 6. The van der Waals surface area contributed by atoms with Crippen molar-refractivity contribution in [1.82, 2.24) is 14.8 Å². The number of nitrogens with one attached hydrogen (secondary N) is 2. The third-order valence-electron chi connectivity index (χ3n) is 3.88. The molecule has 0 saturated heterocycles. The van der Waals surface area contributed by atoms with E-state index in [9.17, 15) is 18.7 Å². The van der Waals surface area contributed by atoms with Gasteiger partial charge in [0.05, 0.1) is 11.9 Å². The molecule has 0 spiro atoms. The van der Waals surface area contributed by atoms with Crippen molar-refractivity contribution in [2.75, 3.05) is 10.6 Å². The molecule has 28 heavy (non-hydrogen) atoms. The Morgan fingerprint density at radius 2 is 2.14 bits per heavy atom. The van der Waals surface area contributed by atoms with Gasteiger partial charge in [-0.2, -0.15) is 5.10 Å². The summed E-state index contributed by atoms with van der Waals surface area (Å²) in [6.07, 6.45) is 0.105. The van der Waals surface area contributed by atoms with Crippen molar-refractivity contribution in [2.24, 2.45) is 0 Å². The van der Waals surface area contributed by atoms with Crippen LogP contribution >= 0.6 is 22.9 Å². The topological polar surface area (TPSA) is 92.1 Å². The molecule has 0 unspecified atom stereocenters. The molecule has 148 valence electrons. The summed E-state index contributed by atoms with van der Waals surface area (Å²) in [6.45, 7) is 2.95. The van der Waals surface area contributed by atoms with Crippen molar-refractivity contribution in [1.29, 1.82) is 0 Å². The van der Waals surface area contributed by atoms with E-state index in [0.29, 0.717) is 21.3 Å². The van der Waals surface area contributed by atoms with E-state index in [4.69, 9.17) is 11.6 Å². The minimum Gasteiger partial charge on any atom is -0.508 e. The number of aromatic hydroxyl groups is 1. The summed E-state index contributed by atoms with van der Waals surface area (Å²) in [4.78, 5) is 16.9. The molecule has 0 aliphatic carbocycles. The number of amides is 1. The van der Waals surface area contributed by atoms with Crippen LogP contribution in [0.15, 0.2) is 24.5 Å². The van der Waals surface area contributed by atoms with Crippen LogP contribution in [0.4, 0.5) is 25.4 Å². The number of alkyl halides is 2. The standard InChI is InChI=1S/C17H16ClF2N5O2S/c1-8-3-4-11(26)9(2)14(8)22-16(27)12-5-21-17(28-12)23-15-10(18)6-25(24-15)7-13(19)20/h3-6,13,26H,7H2,1-2H3,(H,22,27)(H,21,23,24). The molecular formula is C17H16ClF2N5O2S. The van der Waals surface area contributed by atoms with Gasteiger partial charge in [-0.3, -0.25) is 9.48 Å². The Bertz CT molecular complexity index is 1020. The quantitative estimate of drug-likeness (QED) is 0.535. The zero-order valence-corrected chi connectivity index (χ0v) is 16.4. The molecule has 1 aromatic carbocycles. The van der Waals surface area contributed by atoms with Crippen LogP contribution in [0.3, 0.4) is 0 Å². The van der Waals surface area contributed by atoms with Gasteiger partial charge in [-0.1, -0.05) is 29.0 Å². The van der Waals surface area contributed by atoms with Crippen LogP contribution in [0.1, 0.15) is 20.8 Å². The predicted octanol–water partition coefficient (Wildman–Crippen LogP) is 4.58. The van der Waals surface area contributed by atoms with E-state index in [1.165, 1.54) is 12.4 Å². The van der Waals surface area contributed by atoms with Crippen molar-refractivity contribution in [3.8, 4) is 5.75 Å². The summed E-state index contributed by atoms with van der Waals surface area (Å²) in [7, 11) is 0. The molecule has 3 rings (SSSR count). The number of carbonyl (C=O) groups is 1. The molecule has 0 saturated carbocycles. The van der Waals surface area contributed by atoms with Gasteiger partial charge in [0.15, 0.2) is 10.9 Å². The van der Waals surface area contributed by atoms with E-state index >= 15 is 0 Å². The molecule has 0 radical (unpaired) electrons. The highest BCUT2D eigenvalue weighted by Gasteiger charge is 2.16. The highest BCUT2D eigenvalue weighted by Crippen LogP contribution is 2.30. The number of rotatable bonds is 6. The summed E-state index contributed by atoms with van der Waals surface area (Å²) in [5.74, 6) is -0.137. The van der Waals surface area contributed by atoms with Crippen LogP contribution in [0, 0.1) is 13.8 Å². The molecule has 0 fully saturated rings. The molecule has 11 heteroatoms. The van der Waals surface area contributed by atoms with Gasteiger partial charge in [0, 0.05) is 11.8 Å². The summed E-state index contributed by atoms with van der Waals surface area (Å²) >= 11 is 7.04. The third kappa shape index (κ3) is 4.39. The first-order valence-corrected chi connectivity index (χ1v) is 9.28. The maximum Gasteiger partial charge on any atom is 0.267 e. The van der Waals surface area contributed by atoms with Gasteiger partial charge in [-0.05, 0) is 25.5 Å². The maximum atomic E-state index is 12.5. The van der Waals surface area contributed by atoms with Crippen LogP contribution in [0.2, 0.25) is 5.02 Å². The molecule has 7 nitrogen and oxygen atoms in total. The molecule has 0 bridgehead atoms. The zero-order chi connectivity index (χ0) is 20.4. The number of anilines is 3.